The van der Waals surface area contributed by atoms with Crippen molar-refractivity contribution in [3.05, 3.63) is 46.2 Å². The van der Waals surface area contributed by atoms with Gasteiger partial charge < -0.3 is 14.2 Å². The third-order valence-corrected chi connectivity index (χ3v) is 7.45. The minimum atomic E-state index is -3.20. The first kappa shape index (κ1) is 21.8. The first-order chi connectivity index (χ1) is 14.8. The highest BCUT2D eigenvalue weighted by atomic mass is 32.2. The van der Waals surface area contributed by atoms with Crippen LogP contribution >= 0.6 is 11.3 Å². The van der Waals surface area contributed by atoms with Gasteiger partial charge in [0.2, 0.25) is 0 Å². The largest absolute Gasteiger partial charge is 0.487 e. The molecule has 0 radical (unpaired) electrons. The summed E-state index contributed by atoms with van der Waals surface area (Å²) in [6.07, 6.45) is 3.16. The maximum Gasteiger partial charge on any atom is 0.324 e. The van der Waals surface area contributed by atoms with Crippen LogP contribution in [0.15, 0.2) is 39.1 Å². The number of hydrogen-bond acceptors (Lipinski definition) is 9. The monoisotopic (exact) mass is 462 g/mol. The maximum atomic E-state index is 11.5. The van der Waals surface area contributed by atoms with E-state index in [0.717, 1.165) is 42.5 Å². The van der Waals surface area contributed by atoms with Crippen LogP contribution in [0.2, 0.25) is 0 Å². The summed E-state index contributed by atoms with van der Waals surface area (Å²) < 4.78 is 34.3. The Morgan fingerprint density at radius 2 is 1.90 bits per heavy atom. The molecule has 3 aromatic rings. The normalized spacial score (nSPS) is 15.5. The molecule has 0 atom stereocenters. The minimum Gasteiger partial charge on any atom is -0.487 e. The molecule has 2 aromatic heterocycles. The second-order valence-corrected chi connectivity index (χ2v) is 11.0. The summed E-state index contributed by atoms with van der Waals surface area (Å²) in [4.78, 5) is 11.7. The van der Waals surface area contributed by atoms with Crippen LogP contribution in [0.3, 0.4) is 0 Å². The summed E-state index contributed by atoms with van der Waals surface area (Å²) in [5.41, 5.74) is 0.882. The average molecular weight is 463 g/mol. The Balaban J connectivity index is 1.30. The van der Waals surface area contributed by atoms with E-state index in [1.165, 1.54) is 6.26 Å². The number of anilines is 1. The van der Waals surface area contributed by atoms with Crippen LogP contribution in [0.1, 0.15) is 55.1 Å². The Morgan fingerprint density at radius 3 is 2.52 bits per heavy atom. The van der Waals surface area contributed by atoms with E-state index >= 15 is 0 Å². The van der Waals surface area contributed by atoms with Crippen molar-refractivity contribution in [1.82, 2.24) is 15.1 Å². The summed E-state index contributed by atoms with van der Waals surface area (Å²) in [6.45, 7) is 6.18. The van der Waals surface area contributed by atoms with Crippen LogP contribution in [0.25, 0.3) is 0 Å². The summed E-state index contributed by atoms with van der Waals surface area (Å²) in [6, 6.07) is 7.05. The lowest BCUT2D eigenvalue weighted by Gasteiger charge is -2.29. The van der Waals surface area contributed by atoms with Gasteiger partial charge >= 0.3 is 6.01 Å². The Labute approximate surface area is 186 Å². The van der Waals surface area contributed by atoms with Gasteiger partial charge in [-0.05, 0) is 37.1 Å². The summed E-state index contributed by atoms with van der Waals surface area (Å²) in [7, 11) is -3.20. The molecule has 166 valence electrons. The Hall–Kier alpha value is -2.46. The van der Waals surface area contributed by atoms with E-state index in [1.54, 1.807) is 35.6 Å². The van der Waals surface area contributed by atoms with E-state index in [2.05, 4.69) is 28.9 Å². The number of ether oxygens (including phenoxy) is 1. The second kappa shape index (κ2) is 8.96. The molecule has 0 aliphatic carbocycles. The molecule has 1 fully saturated rings. The van der Waals surface area contributed by atoms with Crippen molar-refractivity contribution in [3.8, 4) is 5.75 Å². The third-order valence-electron chi connectivity index (χ3n) is 5.27. The Morgan fingerprint density at radius 1 is 1.19 bits per heavy atom. The van der Waals surface area contributed by atoms with Crippen LogP contribution in [0, 0.1) is 0 Å². The van der Waals surface area contributed by atoms with Crippen molar-refractivity contribution in [2.75, 3.05) is 24.2 Å². The molecule has 10 heteroatoms. The van der Waals surface area contributed by atoms with Crippen LogP contribution in [0.5, 0.6) is 5.75 Å². The molecule has 0 amide bonds. The van der Waals surface area contributed by atoms with E-state index in [4.69, 9.17) is 14.2 Å². The van der Waals surface area contributed by atoms with Gasteiger partial charge in [0, 0.05) is 36.6 Å². The van der Waals surface area contributed by atoms with Crippen LogP contribution in [-0.4, -0.2) is 42.9 Å². The van der Waals surface area contributed by atoms with Gasteiger partial charge in [-0.2, -0.15) is 4.98 Å². The predicted octanol–water partition coefficient (Wildman–Crippen LogP) is 4.02. The van der Waals surface area contributed by atoms with Crippen molar-refractivity contribution >= 4 is 27.2 Å². The summed E-state index contributed by atoms with van der Waals surface area (Å²) in [5, 5.41) is 7.20. The van der Waals surface area contributed by atoms with Crippen molar-refractivity contribution in [1.29, 1.82) is 0 Å². The number of hydrogen-bond donors (Lipinski definition) is 0. The predicted molar refractivity (Wildman–Crippen MR) is 119 cm³/mol. The molecular weight excluding hydrogens is 436 g/mol. The SMILES string of the molecule is CC(C)c1noc(N2CCC(c3nc(COc4ccc(S(C)(=O)=O)cc4)cs3)CC2)n1. The van der Waals surface area contributed by atoms with Gasteiger partial charge in [0.15, 0.2) is 15.7 Å². The van der Waals surface area contributed by atoms with Crippen LogP contribution in [0.4, 0.5) is 6.01 Å². The zero-order valence-corrected chi connectivity index (χ0v) is 19.4. The number of benzene rings is 1. The van der Waals surface area contributed by atoms with Crippen LogP contribution in [-0.2, 0) is 16.4 Å². The molecule has 0 saturated carbocycles. The first-order valence-corrected chi connectivity index (χ1v) is 13.0. The first-order valence-electron chi connectivity index (χ1n) is 10.3. The van der Waals surface area contributed by atoms with Gasteiger partial charge in [-0.25, -0.2) is 13.4 Å². The molecular formula is C21H26N4O4S2. The molecule has 0 N–H and O–H groups in total. The molecule has 0 unspecified atom stereocenters. The topological polar surface area (TPSA) is 98.4 Å². The number of rotatable bonds is 7. The van der Waals surface area contributed by atoms with Gasteiger partial charge in [-0.15, -0.1) is 11.3 Å². The molecule has 1 aliphatic heterocycles. The fourth-order valence-electron chi connectivity index (χ4n) is 3.42. The smallest absolute Gasteiger partial charge is 0.324 e. The van der Waals surface area contributed by atoms with Crippen molar-refractivity contribution in [2.45, 2.75) is 50.0 Å². The Kier molecular flexibility index (Phi) is 6.29. The molecule has 1 aliphatic rings. The fourth-order valence-corrected chi connectivity index (χ4v) is 5.03. The minimum absolute atomic E-state index is 0.253. The third kappa shape index (κ3) is 5.24. The zero-order chi connectivity index (χ0) is 22.0. The lowest BCUT2D eigenvalue weighted by Crippen LogP contribution is -2.33. The number of piperidine rings is 1. The van der Waals surface area contributed by atoms with E-state index in [9.17, 15) is 8.42 Å². The van der Waals surface area contributed by atoms with Crippen molar-refractivity contribution < 1.29 is 17.7 Å². The van der Waals surface area contributed by atoms with Gasteiger partial charge in [-0.1, -0.05) is 19.0 Å². The lowest BCUT2D eigenvalue weighted by molar-refractivity contribution is 0.301. The average Bonchev–Trinajstić information content (AvgIpc) is 3.42. The fraction of sp³-hybridized carbons (Fsp3) is 0.476. The number of aromatic nitrogens is 3. The highest BCUT2D eigenvalue weighted by Gasteiger charge is 2.26. The lowest BCUT2D eigenvalue weighted by atomic mass is 9.98. The molecule has 0 bridgehead atoms. The second-order valence-electron chi connectivity index (χ2n) is 8.06. The molecule has 1 saturated heterocycles. The van der Waals surface area contributed by atoms with Crippen LogP contribution < -0.4 is 9.64 Å². The molecule has 8 nitrogen and oxygen atoms in total. The highest BCUT2D eigenvalue weighted by Crippen LogP contribution is 2.32. The number of sulfone groups is 1. The molecule has 31 heavy (non-hydrogen) atoms. The Bertz CT molecular complexity index is 1110. The van der Waals surface area contributed by atoms with E-state index in [-0.39, 0.29) is 10.8 Å². The van der Waals surface area contributed by atoms with E-state index in [0.29, 0.717) is 24.3 Å². The molecule has 0 spiro atoms. The van der Waals surface area contributed by atoms with Gasteiger partial charge in [0.25, 0.3) is 0 Å². The quantitative estimate of drug-likeness (QED) is 0.519. The van der Waals surface area contributed by atoms with Crippen molar-refractivity contribution in [3.63, 3.8) is 0 Å². The number of nitrogens with zero attached hydrogens (tertiary/aromatic N) is 4. The van der Waals surface area contributed by atoms with E-state index in [1.807, 2.05) is 5.38 Å². The van der Waals surface area contributed by atoms with Gasteiger partial charge in [0.1, 0.15) is 12.4 Å². The summed E-state index contributed by atoms with van der Waals surface area (Å²) >= 11 is 1.66. The highest BCUT2D eigenvalue weighted by molar-refractivity contribution is 7.90. The standard InChI is InChI=1S/C21H26N4O4S2/c1-14(2)19-23-21(29-24-19)25-10-8-15(9-11-25)20-22-16(13-30-20)12-28-17-4-6-18(7-5-17)31(3,26)27/h4-7,13-15H,8-12H2,1-3H3. The molecule has 3 heterocycles. The molecule has 4 rings (SSSR count). The number of thiazole rings is 1. The van der Waals surface area contributed by atoms with Crippen molar-refractivity contribution in [2.24, 2.45) is 0 Å². The van der Waals surface area contributed by atoms with E-state index < -0.39 is 9.84 Å². The van der Waals surface area contributed by atoms with Gasteiger partial charge in [0.05, 0.1) is 15.6 Å². The maximum absolute atomic E-state index is 11.5. The summed E-state index contributed by atoms with van der Waals surface area (Å²) in [5.74, 6) is 2.03. The zero-order valence-electron chi connectivity index (χ0n) is 17.8. The van der Waals surface area contributed by atoms with Gasteiger partial charge in [-0.3, -0.25) is 0 Å². The molecule has 1 aromatic carbocycles.